The van der Waals surface area contributed by atoms with Gasteiger partial charge in [-0.05, 0) is 12.5 Å². The third-order valence-electron chi connectivity index (χ3n) is 3.92. The van der Waals surface area contributed by atoms with Gasteiger partial charge in [0.05, 0.1) is 12.1 Å². The summed E-state index contributed by atoms with van der Waals surface area (Å²) in [6.45, 7) is 4.62. The largest absolute Gasteiger partial charge is 0.367 e. The van der Waals surface area contributed by atoms with Crippen LogP contribution in [0.4, 0.5) is 0 Å². The monoisotopic (exact) mass is 287 g/mol. The molecular formula is C16H21N3O2. The molecule has 2 atom stereocenters. The Balaban J connectivity index is 1.99. The normalized spacial score (nSPS) is 18.8. The van der Waals surface area contributed by atoms with Crippen LogP contribution in [-0.2, 0) is 9.53 Å². The van der Waals surface area contributed by atoms with E-state index in [4.69, 9.17) is 10.00 Å². The van der Waals surface area contributed by atoms with Gasteiger partial charge in [-0.15, -0.1) is 0 Å². The summed E-state index contributed by atoms with van der Waals surface area (Å²) in [5.74, 6) is -0.00652. The summed E-state index contributed by atoms with van der Waals surface area (Å²) in [7, 11) is 1.56. The highest BCUT2D eigenvalue weighted by molar-refractivity contribution is 5.82. The van der Waals surface area contributed by atoms with Crippen LogP contribution in [0, 0.1) is 11.3 Å². The average Bonchev–Trinajstić information content (AvgIpc) is 2.56. The molecule has 21 heavy (non-hydrogen) atoms. The quantitative estimate of drug-likeness (QED) is 0.840. The van der Waals surface area contributed by atoms with Crippen LogP contribution in [0.25, 0.3) is 0 Å². The summed E-state index contributed by atoms with van der Waals surface area (Å²) in [5.41, 5.74) is 0.873. The molecule has 5 nitrogen and oxygen atoms in total. The van der Waals surface area contributed by atoms with Crippen LogP contribution < -0.4 is 0 Å². The lowest BCUT2D eigenvalue weighted by molar-refractivity contribution is -0.144. The van der Waals surface area contributed by atoms with Gasteiger partial charge in [-0.1, -0.05) is 30.3 Å². The summed E-state index contributed by atoms with van der Waals surface area (Å²) in [6.07, 6.45) is -0.550. The third-order valence-corrected chi connectivity index (χ3v) is 3.92. The molecule has 2 rings (SSSR count). The van der Waals surface area contributed by atoms with Crippen molar-refractivity contribution in [2.24, 2.45) is 0 Å². The fraction of sp³-hybridized carbons (Fsp3) is 0.500. The number of nitrogens with zero attached hydrogens (tertiary/aromatic N) is 3. The number of carbonyl (C=O) groups excluding carboxylic acids is 1. The molecule has 0 saturated carbocycles. The summed E-state index contributed by atoms with van der Waals surface area (Å²) in [5, 5.41) is 8.94. The highest BCUT2D eigenvalue weighted by atomic mass is 16.5. The molecular weight excluding hydrogens is 266 g/mol. The van der Waals surface area contributed by atoms with Gasteiger partial charge in [0.2, 0.25) is 0 Å². The molecule has 1 heterocycles. The van der Waals surface area contributed by atoms with Gasteiger partial charge in [-0.3, -0.25) is 9.69 Å². The van der Waals surface area contributed by atoms with Gasteiger partial charge in [0, 0.05) is 33.3 Å². The standard InChI is InChI=1S/C16H21N3O2/c1-13(12-17)18-8-10-19(11-9-18)16(20)15(21-2)14-6-4-3-5-7-14/h3-7,13,15H,8-11H2,1-2H3. The molecule has 1 aliphatic heterocycles. The lowest BCUT2D eigenvalue weighted by Crippen LogP contribution is -2.52. The first-order valence-corrected chi connectivity index (χ1v) is 7.17. The first-order valence-electron chi connectivity index (χ1n) is 7.17. The van der Waals surface area contributed by atoms with Crippen LogP contribution in [0.3, 0.4) is 0 Å². The molecule has 1 aromatic carbocycles. The van der Waals surface area contributed by atoms with Gasteiger partial charge >= 0.3 is 0 Å². The maximum absolute atomic E-state index is 12.6. The van der Waals surface area contributed by atoms with Crippen molar-refractivity contribution in [1.82, 2.24) is 9.80 Å². The Hall–Kier alpha value is -1.90. The number of rotatable bonds is 4. The number of hydrogen-bond donors (Lipinski definition) is 0. The lowest BCUT2D eigenvalue weighted by Gasteiger charge is -2.37. The Bertz CT molecular complexity index is 504. The second-order valence-corrected chi connectivity index (χ2v) is 5.19. The van der Waals surface area contributed by atoms with E-state index >= 15 is 0 Å². The van der Waals surface area contributed by atoms with E-state index in [1.807, 2.05) is 42.2 Å². The van der Waals surface area contributed by atoms with Crippen LogP contribution in [-0.4, -0.2) is 55.0 Å². The molecule has 1 aliphatic rings. The van der Waals surface area contributed by atoms with Crippen LogP contribution in [0.1, 0.15) is 18.6 Å². The number of benzene rings is 1. The molecule has 1 saturated heterocycles. The summed E-state index contributed by atoms with van der Waals surface area (Å²) in [4.78, 5) is 16.5. The smallest absolute Gasteiger partial charge is 0.256 e. The Morgan fingerprint density at radius 3 is 2.38 bits per heavy atom. The number of nitriles is 1. The second kappa shape index (κ2) is 7.21. The van der Waals surface area contributed by atoms with Crippen LogP contribution in [0.2, 0.25) is 0 Å². The number of methoxy groups -OCH3 is 1. The van der Waals surface area contributed by atoms with Gasteiger partial charge in [0.25, 0.3) is 5.91 Å². The number of hydrogen-bond acceptors (Lipinski definition) is 4. The zero-order valence-corrected chi connectivity index (χ0v) is 12.5. The highest BCUT2D eigenvalue weighted by Gasteiger charge is 2.29. The van der Waals surface area contributed by atoms with E-state index in [9.17, 15) is 4.79 Å². The fourth-order valence-electron chi connectivity index (χ4n) is 2.58. The number of piperazine rings is 1. The van der Waals surface area contributed by atoms with Crippen molar-refractivity contribution < 1.29 is 9.53 Å². The Morgan fingerprint density at radius 1 is 1.24 bits per heavy atom. The van der Waals surface area contributed by atoms with Crippen molar-refractivity contribution in [2.45, 2.75) is 19.1 Å². The van der Waals surface area contributed by atoms with Crippen molar-refractivity contribution in [3.8, 4) is 6.07 Å². The van der Waals surface area contributed by atoms with E-state index in [1.54, 1.807) is 7.11 Å². The van der Waals surface area contributed by atoms with E-state index in [-0.39, 0.29) is 11.9 Å². The van der Waals surface area contributed by atoms with Crippen LogP contribution >= 0.6 is 0 Å². The molecule has 112 valence electrons. The Kier molecular flexibility index (Phi) is 5.32. The van der Waals surface area contributed by atoms with Gasteiger partial charge in [0.15, 0.2) is 6.10 Å². The SMILES string of the molecule is COC(C(=O)N1CCN(C(C)C#N)CC1)c1ccccc1. The maximum atomic E-state index is 12.6. The molecule has 0 radical (unpaired) electrons. The van der Waals surface area contributed by atoms with Crippen molar-refractivity contribution in [3.05, 3.63) is 35.9 Å². The predicted octanol–water partition coefficient (Wildman–Crippen LogP) is 1.43. The van der Waals surface area contributed by atoms with E-state index < -0.39 is 6.10 Å². The molecule has 1 aromatic rings. The fourth-order valence-corrected chi connectivity index (χ4v) is 2.58. The first kappa shape index (κ1) is 15.5. The van der Waals surface area contributed by atoms with Gasteiger partial charge in [0.1, 0.15) is 0 Å². The zero-order valence-electron chi connectivity index (χ0n) is 12.5. The lowest BCUT2D eigenvalue weighted by atomic mass is 10.1. The summed E-state index contributed by atoms with van der Waals surface area (Å²) >= 11 is 0. The molecule has 0 N–H and O–H groups in total. The highest BCUT2D eigenvalue weighted by Crippen LogP contribution is 2.20. The van der Waals surface area contributed by atoms with Crippen molar-refractivity contribution in [3.63, 3.8) is 0 Å². The molecule has 0 aromatic heterocycles. The average molecular weight is 287 g/mol. The number of ether oxygens (including phenoxy) is 1. The first-order chi connectivity index (χ1) is 10.2. The maximum Gasteiger partial charge on any atom is 0.256 e. The second-order valence-electron chi connectivity index (χ2n) is 5.19. The van der Waals surface area contributed by atoms with Gasteiger partial charge in [-0.25, -0.2) is 0 Å². The zero-order chi connectivity index (χ0) is 15.2. The number of amides is 1. The predicted molar refractivity (Wildman–Crippen MR) is 79.4 cm³/mol. The third kappa shape index (κ3) is 3.60. The molecule has 0 spiro atoms. The molecule has 1 fully saturated rings. The van der Waals surface area contributed by atoms with Crippen LogP contribution in [0.5, 0.6) is 0 Å². The van der Waals surface area contributed by atoms with Crippen molar-refractivity contribution >= 4 is 5.91 Å². The van der Waals surface area contributed by atoms with E-state index in [2.05, 4.69) is 11.0 Å². The molecule has 5 heteroatoms. The molecule has 2 unspecified atom stereocenters. The van der Waals surface area contributed by atoms with Crippen LogP contribution in [0.15, 0.2) is 30.3 Å². The minimum Gasteiger partial charge on any atom is -0.367 e. The summed E-state index contributed by atoms with van der Waals surface area (Å²) < 4.78 is 5.39. The van der Waals surface area contributed by atoms with E-state index in [1.165, 1.54) is 0 Å². The number of carbonyl (C=O) groups is 1. The molecule has 1 amide bonds. The molecule has 0 bridgehead atoms. The van der Waals surface area contributed by atoms with Gasteiger partial charge < -0.3 is 9.64 Å². The summed E-state index contributed by atoms with van der Waals surface area (Å²) in [6, 6.07) is 11.7. The van der Waals surface area contributed by atoms with Crippen molar-refractivity contribution in [1.29, 1.82) is 5.26 Å². The van der Waals surface area contributed by atoms with Gasteiger partial charge in [-0.2, -0.15) is 5.26 Å². The van der Waals surface area contributed by atoms with E-state index in [0.29, 0.717) is 13.1 Å². The molecule has 0 aliphatic carbocycles. The topological polar surface area (TPSA) is 56.6 Å². The van der Waals surface area contributed by atoms with Crippen molar-refractivity contribution in [2.75, 3.05) is 33.3 Å². The Labute approximate surface area is 125 Å². The minimum atomic E-state index is -0.550. The minimum absolute atomic E-state index is 0.00652. The Morgan fingerprint density at radius 2 is 1.86 bits per heavy atom. The van der Waals surface area contributed by atoms with E-state index in [0.717, 1.165) is 18.7 Å².